The Balaban J connectivity index is 2.02. The third kappa shape index (κ3) is 5.33. The van der Waals surface area contributed by atoms with Crippen molar-refractivity contribution in [2.24, 2.45) is 0 Å². The van der Waals surface area contributed by atoms with Crippen LogP contribution in [0.15, 0.2) is 48.7 Å². The van der Waals surface area contributed by atoms with Gasteiger partial charge in [0, 0.05) is 11.7 Å². The number of ether oxygens (including phenoxy) is 1. The van der Waals surface area contributed by atoms with Crippen molar-refractivity contribution in [1.82, 2.24) is 10.3 Å². The normalized spacial score (nSPS) is 10.9. The van der Waals surface area contributed by atoms with E-state index in [4.69, 9.17) is 17.0 Å². The van der Waals surface area contributed by atoms with Gasteiger partial charge in [0.1, 0.15) is 6.61 Å². The van der Waals surface area contributed by atoms with E-state index in [2.05, 4.69) is 15.6 Å². The monoisotopic (exact) mass is 315 g/mol. The van der Waals surface area contributed by atoms with Crippen LogP contribution in [0.5, 0.6) is 5.75 Å². The molecule has 0 bridgehead atoms. The molecule has 1 aromatic carbocycles. The Morgan fingerprint density at radius 1 is 1.14 bits per heavy atom. The summed E-state index contributed by atoms with van der Waals surface area (Å²) >= 11 is 5.30. The first-order chi connectivity index (χ1) is 10.4. The Morgan fingerprint density at radius 2 is 1.86 bits per heavy atom. The molecule has 22 heavy (non-hydrogen) atoms. The minimum Gasteiger partial charge on any atom is -0.485 e. The van der Waals surface area contributed by atoms with E-state index in [0.29, 0.717) is 23.3 Å². The molecule has 1 heterocycles. The van der Waals surface area contributed by atoms with Crippen LogP contribution in [0.3, 0.4) is 0 Å². The maximum Gasteiger partial charge on any atom is 0.174 e. The van der Waals surface area contributed by atoms with Crippen molar-refractivity contribution in [2.75, 3.05) is 5.32 Å². The minimum absolute atomic E-state index is 0.107. The van der Waals surface area contributed by atoms with Crippen LogP contribution in [0, 0.1) is 0 Å². The standard InChI is InChI=1S/C17H21N3OS/c1-17(2,3)20-16(22)19-15-14(10-7-11-18-15)21-12-13-8-5-4-6-9-13/h4-11H,12H2,1-3H3,(H2,18,19,20,22). The van der Waals surface area contributed by atoms with Crippen molar-refractivity contribution in [3.8, 4) is 5.75 Å². The van der Waals surface area contributed by atoms with E-state index in [1.807, 2.05) is 63.2 Å². The summed E-state index contributed by atoms with van der Waals surface area (Å²) in [7, 11) is 0. The van der Waals surface area contributed by atoms with E-state index in [1.165, 1.54) is 0 Å². The van der Waals surface area contributed by atoms with Gasteiger partial charge in [-0.25, -0.2) is 4.98 Å². The Kier molecular flexibility index (Phi) is 5.33. The molecule has 0 fully saturated rings. The zero-order valence-corrected chi connectivity index (χ0v) is 13.9. The van der Waals surface area contributed by atoms with Crippen LogP contribution in [-0.2, 0) is 6.61 Å². The van der Waals surface area contributed by atoms with Crippen molar-refractivity contribution in [2.45, 2.75) is 32.9 Å². The fourth-order valence-corrected chi connectivity index (χ4v) is 2.22. The third-order valence-corrected chi connectivity index (χ3v) is 2.93. The minimum atomic E-state index is -0.107. The molecule has 0 saturated heterocycles. The van der Waals surface area contributed by atoms with Crippen LogP contribution >= 0.6 is 12.2 Å². The van der Waals surface area contributed by atoms with Crippen LogP contribution in [0.4, 0.5) is 5.82 Å². The molecule has 0 aliphatic carbocycles. The molecule has 4 nitrogen and oxygen atoms in total. The number of rotatable bonds is 4. The second-order valence-electron chi connectivity index (χ2n) is 5.95. The number of hydrogen-bond acceptors (Lipinski definition) is 3. The summed E-state index contributed by atoms with van der Waals surface area (Å²) in [6, 6.07) is 13.7. The first-order valence-electron chi connectivity index (χ1n) is 7.15. The summed E-state index contributed by atoms with van der Waals surface area (Å²) in [5.74, 6) is 1.28. The van der Waals surface area contributed by atoms with E-state index in [9.17, 15) is 0 Å². The maximum atomic E-state index is 5.84. The largest absolute Gasteiger partial charge is 0.485 e. The topological polar surface area (TPSA) is 46.2 Å². The predicted octanol–water partition coefficient (Wildman–Crippen LogP) is 3.75. The van der Waals surface area contributed by atoms with Crippen molar-refractivity contribution in [3.63, 3.8) is 0 Å². The van der Waals surface area contributed by atoms with Crippen molar-refractivity contribution in [1.29, 1.82) is 0 Å². The highest BCUT2D eigenvalue weighted by molar-refractivity contribution is 7.80. The molecule has 0 saturated carbocycles. The summed E-state index contributed by atoms with van der Waals surface area (Å²) in [5.41, 5.74) is 0.997. The summed E-state index contributed by atoms with van der Waals surface area (Å²) in [6.45, 7) is 6.63. The average Bonchev–Trinajstić information content (AvgIpc) is 2.45. The Bertz CT molecular complexity index is 623. The lowest BCUT2D eigenvalue weighted by molar-refractivity contribution is 0.307. The first kappa shape index (κ1) is 16.2. The highest BCUT2D eigenvalue weighted by atomic mass is 32.1. The number of anilines is 1. The Hall–Kier alpha value is -2.14. The second-order valence-corrected chi connectivity index (χ2v) is 6.36. The SMILES string of the molecule is CC(C)(C)NC(=S)Nc1ncccc1OCc1ccccc1. The van der Waals surface area contributed by atoms with Gasteiger partial charge in [-0.1, -0.05) is 30.3 Å². The van der Waals surface area contributed by atoms with Gasteiger partial charge in [0.15, 0.2) is 16.7 Å². The van der Waals surface area contributed by atoms with Crippen LogP contribution in [-0.4, -0.2) is 15.6 Å². The highest BCUT2D eigenvalue weighted by Gasteiger charge is 2.13. The zero-order chi connectivity index (χ0) is 16.0. The molecule has 0 radical (unpaired) electrons. The molecule has 0 amide bonds. The van der Waals surface area contributed by atoms with E-state index in [0.717, 1.165) is 5.56 Å². The molecular weight excluding hydrogens is 294 g/mol. The van der Waals surface area contributed by atoms with Gasteiger partial charge in [0.2, 0.25) is 0 Å². The molecule has 0 spiro atoms. The summed E-state index contributed by atoms with van der Waals surface area (Å²) < 4.78 is 5.84. The third-order valence-electron chi connectivity index (χ3n) is 2.73. The Labute approximate surface area is 136 Å². The lowest BCUT2D eigenvalue weighted by atomic mass is 10.1. The van der Waals surface area contributed by atoms with Gasteiger partial charge >= 0.3 is 0 Å². The average molecular weight is 315 g/mol. The predicted molar refractivity (Wildman–Crippen MR) is 94.1 cm³/mol. The highest BCUT2D eigenvalue weighted by Crippen LogP contribution is 2.22. The number of pyridine rings is 1. The first-order valence-corrected chi connectivity index (χ1v) is 7.56. The van der Waals surface area contributed by atoms with Crippen LogP contribution < -0.4 is 15.4 Å². The number of nitrogens with one attached hydrogen (secondary N) is 2. The molecule has 5 heteroatoms. The smallest absolute Gasteiger partial charge is 0.174 e. The Morgan fingerprint density at radius 3 is 2.55 bits per heavy atom. The van der Waals surface area contributed by atoms with Crippen LogP contribution in [0.2, 0.25) is 0 Å². The van der Waals surface area contributed by atoms with Gasteiger partial charge in [0.05, 0.1) is 0 Å². The molecule has 2 rings (SSSR count). The molecule has 2 aromatic rings. The van der Waals surface area contributed by atoms with Crippen LogP contribution in [0.1, 0.15) is 26.3 Å². The summed E-state index contributed by atoms with van der Waals surface area (Å²) in [6.07, 6.45) is 1.71. The van der Waals surface area contributed by atoms with Gasteiger partial charge < -0.3 is 15.4 Å². The molecule has 0 aliphatic heterocycles. The van der Waals surface area contributed by atoms with Gasteiger partial charge in [-0.3, -0.25) is 0 Å². The second kappa shape index (κ2) is 7.22. The van der Waals surface area contributed by atoms with E-state index in [-0.39, 0.29) is 5.54 Å². The zero-order valence-electron chi connectivity index (χ0n) is 13.1. The van der Waals surface area contributed by atoms with Gasteiger partial charge in [0.25, 0.3) is 0 Å². The molecule has 0 atom stereocenters. The maximum absolute atomic E-state index is 5.84. The summed E-state index contributed by atoms with van der Waals surface area (Å²) in [5, 5.41) is 6.80. The van der Waals surface area contributed by atoms with Gasteiger partial charge in [-0.2, -0.15) is 0 Å². The fourth-order valence-electron chi connectivity index (χ4n) is 1.82. The van der Waals surface area contributed by atoms with E-state index < -0.39 is 0 Å². The molecule has 2 N–H and O–H groups in total. The molecule has 116 valence electrons. The van der Waals surface area contributed by atoms with E-state index in [1.54, 1.807) is 6.20 Å². The summed E-state index contributed by atoms with van der Waals surface area (Å²) in [4.78, 5) is 4.30. The van der Waals surface area contributed by atoms with E-state index >= 15 is 0 Å². The number of nitrogens with zero attached hydrogens (tertiary/aromatic N) is 1. The lowest BCUT2D eigenvalue weighted by Gasteiger charge is -2.23. The van der Waals surface area contributed by atoms with Gasteiger partial charge in [-0.15, -0.1) is 0 Å². The number of hydrogen-bond donors (Lipinski definition) is 2. The molecule has 0 unspecified atom stereocenters. The fraction of sp³-hybridized carbons (Fsp3) is 0.294. The van der Waals surface area contributed by atoms with Crippen molar-refractivity contribution in [3.05, 3.63) is 54.2 Å². The molecule has 0 aliphatic rings. The van der Waals surface area contributed by atoms with Crippen molar-refractivity contribution >= 4 is 23.1 Å². The van der Waals surface area contributed by atoms with Gasteiger partial charge in [-0.05, 0) is 50.7 Å². The van der Waals surface area contributed by atoms with Crippen LogP contribution in [0.25, 0.3) is 0 Å². The quantitative estimate of drug-likeness (QED) is 0.842. The van der Waals surface area contributed by atoms with Crippen molar-refractivity contribution < 1.29 is 4.74 Å². The number of benzene rings is 1. The molecular formula is C17H21N3OS. The molecule has 1 aromatic heterocycles. The number of aromatic nitrogens is 1. The lowest BCUT2D eigenvalue weighted by Crippen LogP contribution is -2.43. The number of thiocarbonyl (C=S) groups is 1.